The molecular formula is C19H36N2. The van der Waals surface area contributed by atoms with Crippen molar-refractivity contribution in [2.75, 3.05) is 19.6 Å². The van der Waals surface area contributed by atoms with Gasteiger partial charge < -0.3 is 5.32 Å². The largest absolute Gasteiger partial charge is 0.311 e. The third-order valence-electron chi connectivity index (χ3n) is 6.34. The van der Waals surface area contributed by atoms with Crippen molar-refractivity contribution in [1.82, 2.24) is 10.2 Å². The van der Waals surface area contributed by atoms with Gasteiger partial charge in [-0.05, 0) is 55.8 Å². The summed E-state index contributed by atoms with van der Waals surface area (Å²) in [6.07, 6.45) is 10.2. The Balaban J connectivity index is 1.57. The van der Waals surface area contributed by atoms with Crippen LogP contribution in [0.3, 0.4) is 0 Å². The van der Waals surface area contributed by atoms with Gasteiger partial charge in [-0.25, -0.2) is 0 Å². The summed E-state index contributed by atoms with van der Waals surface area (Å²) < 4.78 is 0. The Hall–Kier alpha value is -0.0800. The Morgan fingerprint density at radius 2 is 2.05 bits per heavy atom. The second-order valence-corrected chi connectivity index (χ2v) is 8.57. The van der Waals surface area contributed by atoms with Gasteiger partial charge in [0.2, 0.25) is 0 Å². The third-order valence-corrected chi connectivity index (χ3v) is 6.34. The lowest BCUT2D eigenvalue weighted by molar-refractivity contribution is 0.0840. The Kier molecular flexibility index (Phi) is 5.27. The number of hydrogen-bond acceptors (Lipinski definition) is 2. The predicted molar refractivity (Wildman–Crippen MR) is 90.5 cm³/mol. The number of nitrogens with one attached hydrogen (secondary N) is 1. The van der Waals surface area contributed by atoms with E-state index in [1.165, 1.54) is 51.7 Å². The summed E-state index contributed by atoms with van der Waals surface area (Å²) in [6.45, 7) is 11.0. The van der Waals surface area contributed by atoms with E-state index in [9.17, 15) is 0 Å². The van der Waals surface area contributed by atoms with Crippen LogP contribution in [0.15, 0.2) is 0 Å². The molecule has 0 spiro atoms. The molecule has 2 heteroatoms. The highest BCUT2D eigenvalue weighted by molar-refractivity contribution is 4.94. The van der Waals surface area contributed by atoms with Crippen molar-refractivity contribution in [3.8, 4) is 0 Å². The van der Waals surface area contributed by atoms with E-state index in [0.29, 0.717) is 0 Å². The van der Waals surface area contributed by atoms with E-state index < -0.39 is 0 Å². The molecule has 1 heterocycles. The van der Waals surface area contributed by atoms with Gasteiger partial charge in [-0.15, -0.1) is 0 Å². The van der Waals surface area contributed by atoms with Crippen LogP contribution >= 0.6 is 0 Å². The van der Waals surface area contributed by atoms with E-state index in [-0.39, 0.29) is 0 Å². The van der Waals surface area contributed by atoms with Crippen molar-refractivity contribution < 1.29 is 0 Å². The molecule has 21 heavy (non-hydrogen) atoms. The van der Waals surface area contributed by atoms with Crippen LogP contribution < -0.4 is 5.32 Å². The fourth-order valence-corrected chi connectivity index (χ4v) is 5.40. The van der Waals surface area contributed by atoms with Crippen molar-refractivity contribution in [1.29, 1.82) is 0 Å². The first kappa shape index (κ1) is 15.8. The molecule has 2 saturated carbocycles. The molecule has 122 valence electrons. The van der Waals surface area contributed by atoms with E-state index in [0.717, 1.165) is 35.8 Å². The van der Waals surface area contributed by atoms with E-state index >= 15 is 0 Å². The molecule has 1 aliphatic heterocycles. The van der Waals surface area contributed by atoms with Crippen LogP contribution in [-0.4, -0.2) is 36.6 Å². The average molecular weight is 293 g/mol. The van der Waals surface area contributed by atoms with Gasteiger partial charge in [-0.3, -0.25) is 4.90 Å². The lowest BCUT2D eigenvalue weighted by Crippen LogP contribution is -2.57. The monoisotopic (exact) mass is 292 g/mol. The molecule has 1 N–H and O–H groups in total. The molecule has 5 atom stereocenters. The van der Waals surface area contributed by atoms with Gasteiger partial charge in [0.25, 0.3) is 0 Å². The zero-order chi connectivity index (χ0) is 14.8. The lowest BCUT2D eigenvalue weighted by atomic mass is 9.87. The fourth-order valence-electron chi connectivity index (χ4n) is 5.40. The van der Waals surface area contributed by atoms with E-state index in [1.54, 1.807) is 12.8 Å². The molecule has 3 aliphatic rings. The topological polar surface area (TPSA) is 15.3 Å². The summed E-state index contributed by atoms with van der Waals surface area (Å²) in [7, 11) is 0. The Bertz CT molecular complexity index is 328. The van der Waals surface area contributed by atoms with Gasteiger partial charge in [0.05, 0.1) is 0 Å². The number of fused-ring (bicyclic) bond motifs is 2. The molecule has 0 amide bonds. The highest BCUT2D eigenvalue weighted by Crippen LogP contribution is 2.48. The Morgan fingerprint density at radius 1 is 1.19 bits per heavy atom. The highest BCUT2D eigenvalue weighted by atomic mass is 15.2. The Labute approximate surface area is 132 Å². The van der Waals surface area contributed by atoms with Crippen molar-refractivity contribution in [2.24, 2.45) is 23.7 Å². The average Bonchev–Trinajstić information content (AvgIpc) is 3.03. The van der Waals surface area contributed by atoms with Gasteiger partial charge in [-0.1, -0.05) is 33.6 Å². The van der Waals surface area contributed by atoms with E-state index in [4.69, 9.17) is 0 Å². The summed E-state index contributed by atoms with van der Waals surface area (Å²) in [5, 5.41) is 3.83. The molecule has 2 bridgehead atoms. The molecule has 0 aromatic carbocycles. The molecule has 5 unspecified atom stereocenters. The first-order valence-electron chi connectivity index (χ1n) is 9.63. The van der Waals surface area contributed by atoms with Crippen LogP contribution in [0.25, 0.3) is 0 Å². The zero-order valence-corrected chi connectivity index (χ0v) is 14.5. The van der Waals surface area contributed by atoms with Crippen LogP contribution in [0.5, 0.6) is 0 Å². The molecule has 2 aliphatic carbocycles. The van der Waals surface area contributed by atoms with Crippen LogP contribution in [0.4, 0.5) is 0 Å². The number of nitrogens with zero attached hydrogens (tertiary/aromatic N) is 1. The SMILES string of the molecule is CCCC1CNC(CC(C)C)CN1CC1CC2CCC1C2. The smallest absolute Gasteiger partial charge is 0.0221 e. The molecule has 3 fully saturated rings. The molecule has 0 radical (unpaired) electrons. The van der Waals surface area contributed by atoms with Crippen LogP contribution in [0, 0.1) is 23.7 Å². The van der Waals surface area contributed by atoms with Gasteiger partial charge in [0, 0.05) is 31.7 Å². The molecular weight excluding hydrogens is 256 g/mol. The predicted octanol–water partition coefficient (Wildman–Crippen LogP) is 3.91. The van der Waals surface area contributed by atoms with Crippen molar-refractivity contribution in [3.63, 3.8) is 0 Å². The summed E-state index contributed by atoms with van der Waals surface area (Å²) in [5.41, 5.74) is 0. The minimum absolute atomic E-state index is 0.733. The molecule has 3 rings (SSSR count). The summed E-state index contributed by atoms with van der Waals surface area (Å²) in [4.78, 5) is 2.89. The molecule has 1 saturated heterocycles. The second-order valence-electron chi connectivity index (χ2n) is 8.57. The minimum Gasteiger partial charge on any atom is -0.311 e. The molecule has 2 nitrogen and oxygen atoms in total. The number of rotatable bonds is 6. The van der Waals surface area contributed by atoms with Crippen molar-refractivity contribution >= 4 is 0 Å². The van der Waals surface area contributed by atoms with Gasteiger partial charge in [0.15, 0.2) is 0 Å². The maximum absolute atomic E-state index is 3.83. The van der Waals surface area contributed by atoms with Gasteiger partial charge in [0.1, 0.15) is 0 Å². The van der Waals surface area contributed by atoms with Crippen molar-refractivity contribution in [3.05, 3.63) is 0 Å². The summed E-state index contributed by atoms with van der Waals surface area (Å²) in [5.74, 6) is 4.02. The Morgan fingerprint density at radius 3 is 2.67 bits per heavy atom. The lowest BCUT2D eigenvalue weighted by Gasteiger charge is -2.43. The molecule has 0 aromatic rings. The van der Waals surface area contributed by atoms with E-state index in [1.807, 2.05) is 0 Å². The number of hydrogen-bond donors (Lipinski definition) is 1. The van der Waals surface area contributed by atoms with Crippen LogP contribution in [0.2, 0.25) is 0 Å². The van der Waals surface area contributed by atoms with E-state index in [2.05, 4.69) is 31.0 Å². The second kappa shape index (κ2) is 7.00. The quantitative estimate of drug-likeness (QED) is 0.798. The van der Waals surface area contributed by atoms with Crippen molar-refractivity contribution in [2.45, 2.75) is 77.8 Å². The van der Waals surface area contributed by atoms with Crippen LogP contribution in [-0.2, 0) is 0 Å². The summed E-state index contributed by atoms with van der Waals surface area (Å²) in [6, 6.07) is 1.54. The summed E-state index contributed by atoms with van der Waals surface area (Å²) >= 11 is 0. The van der Waals surface area contributed by atoms with Crippen LogP contribution in [0.1, 0.15) is 65.7 Å². The maximum Gasteiger partial charge on any atom is 0.0221 e. The third kappa shape index (κ3) is 3.82. The highest BCUT2D eigenvalue weighted by Gasteiger charge is 2.41. The first-order chi connectivity index (χ1) is 10.2. The maximum atomic E-state index is 3.83. The minimum atomic E-state index is 0.733. The van der Waals surface area contributed by atoms with Gasteiger partial charge in [-0.2, -0.15) is 0 Å². The standard InChI is InChI=1S/C19H36N2/c1-4-5-19-11-20-18(8-14(2)3)13-21(19)12-17-10-15-6-7-16(17)9-15/h14-20H,4-13H2,1-3H3. The fraction of sp³-hybridized carbons (Fsp3) is 1.00. The normalized spacial score (nSPS) is 40.3. The number of piperazine rings is 1. The zero-order valence-electron chi connectivity index (χ0n) is 14.5. The first-order valence-corrected chi connectivity index (χ1v) is 9.63. The van der Waals surface area contributed by atoms with Gasteiger partial charge >= 0.3 is 0 Å². The molecule has 0 aromatic heterocycles.